The first kappa shape index (κ1) is 21.7. The van der Waals surface area contributed by atoms with E-state index in [1.54, 1.807) is 6.20 Å². The van der Waals surface area contributed by atoms with E-state index >= 15 is 0 Å². The summed E-state index contributed by atoms with van der Waals surface area (Å²) in [6.45, 7) is 7.60. The molecule has 1 fully saturated rings. The van der Waals surface area contributed by atoms with Crippen molar-refractivity contribution in [1.82, 2.24) is 19.2 Å². The van der Waals surface area contributed by atoms with Gasteiger partial charge in [-0.25, -0.2) is 4.79 Å². The van der Waals surface area contributed by atoms with Gasteiger partial charge in [0.2, 0.25) is 0 Å². The summed E-state index contributed by atoms with van der Waals surface area (Å²) >= 11 is 0. The molecule has 0 radical (unpaired) electrons. The average Bonchev–Trinajstić information content (AvgIpc) is 3.41. The minimum atomic E-state index is -0.571. The maximum Gasteiger partial charge on any atom is 0.435 e. The number of aryl methyl sites for hydroxylation is 3. The lowest BCUT2D eigenvalue weighted by Gasteiger charge is -2.34. The average molecular weight is 449 g/mol. The van der Waals surface area contributed by atoms with Crippen LogP contribution in [-0.2, 0) is 24.6 Å². The van der Waals surface area contributed by atoms with Crippen LogP contribution in [0.4, 0.5) is 4.79 Å². The van der Waals surface area contributed by atoms with E-state index in [9.17, 15) is 9.59 Å². The van der Waals surface area contributed by atoms with Gasteiger partial charge in [0, 0.05) is 47.5 Å². The van der Waals surface area contributed by atoms with E-state index < -0.39 is 11.7 Å². The Morgan fingerprint density at radius 1 is 1.15 bits per heavy atom. The van der Waals surface area contributed by atoms with Crippen molar-refractivity contribution in [2.24, 2.45) is 7.05 Å². The Hall–Kier alpha value is -3.09. The standard InChI is InChI=1S/C26H32N4O3/c1-16-13-21-20(7-6-8-23(21)28(16)5)24(31)30(18-9-10-18)19-11-12-22-17(14-19)15-29(27-22)25(32)33-26(2,3)4/h6-8,13,15,18-19H,9-12,14H2,1-5H3. The third-order valence-corrected chi connectivity index (χ3v) is 6.75. The molecule has 0 N–H and O–H groups in total. The van der Waals surface area contributed by atoms with Crippen LogP contribution in [0.5, 0.6) is 0 Å². The monoisotopic (exact) mass is 448 g/mol. The Balaban J connectivity index is 1.42. The zero-order valence-electron chi connectivity index (χ0n) is 20.1. The van der Waals surface area contributed by atoms with Gasteiger partial charge in [0.1, 0.15) is 5.60 Å². The highest BCUT2D eigenvalue weighted by Gasteiger charge is 2.40. The van der Waals surface area contributed by atoms with E-state index in [0.717, 1.165) is 59.1 Å². The smallest absolute Gasteiger partial charge is 0.435 e. The van der Waals surface area contributed by atoms with Crippen molar-refractivity contribution < 1.29 is 14.3 Å². The summed E-state index contributed by atoms with van der Waals surface area (Å²) in [5, 5.41) is 5.50. The fourth-order valence-electron chi connectivity index (χ4n) is 4.93. The van der Waals surface area contributed by atoms with Crippen LogP contribution in [-0.4, -0.2) is 48.9 Å². The molecule has 3 aromatic rings. The maximum atomic E-state index is 13.9. The van der Waals surface area contributed by atoms with Crippen LogP contribution in [0.3, 0.4) is 0 Å². The highest BCUT2D eigenvalue weighted by Crippen LogP contribution is 2.36. The van der Waals surface area contributed by atoms with E-state index in [4.69, 9.17) is 4.74 Å². The van der Waals surface area contributed by atoms with Crippen LogP contribution in [0.1, 0.15) is 67.3 Å². The third-order valence-electron chi connectivity index (χ3n) is 6.75. The maximum absolute atomic E-state index is 13.9. The molecule has 1 amide bonds. The molecule has 1 saturated carbocycles. The van der Waals surface area contributed by atoms with Crippen molar-refractivity contribution >= 4 is 22.9 Å². The van der Waals surface area contributed by atoms with Crippen LogP contribution in [0.25, 0.3) is 10.9 Å². The molecule has 0 saturated heterocycles. The number of benzene rings is 1. The topological polar surface area (TPSA) is 69.4 Å². The van der Waals surface area contributed by atoms with Crippen LogP contribution in [0.2, 0.25) is 0 Å². The summed E-state index contributed by atoms with van der Waals surface area (Å²) in [6.07, 6.45) is 5.74. The number of hydrogen-bond donors (Lipinski definition) is 0. The van der Waals surface area contributed by atoms with Crippen molar-refractivity contribution in [3.05, 3.63) is 53.0 Å². The Morgan fingerprint density at radius 3 is 2.61 bits per heavy atom. The number of ether oxygens (including phenoxy) is 1. The summed E-state index contributed by atoms with van der Waals surface area (Å²) in [7, 11) is 2.04. The van der Waals surface area contributed by atoms with E-state index in [2.05, 4.69) is 33.6 Å². The second-order valence-corrected chi connectivity index (χ2v) is 10.4. The molecule has 0 bridgehead atoms. The number of amides is 1. The molecule has 7 heteroatoms. The van der Waals surface area contributed by atoms with Crippen molar-refractivity contribution in [2.75, 3.05) is 0 Å². The van der Waals surface area contributed by atoms with Crippen LogP contribution in [0, 0.1) is 6.92 Å². The van der Waals surface area contributed by atoms with Crippen molar-refractivity contribution in [3.8, 4) is 0 Å². The largest absolute Gasteiger partial charge is 0.442 e. The van der Waals surface area contributed by atoms with Gasteiger partial charge in [-0.05, 0) is 83.6 Å². The second-order valence-electron chi connectivity index (χ2n) is 10.4. The van der Waals surface area contributed by atoms with Crippen molar-refractivity contribution in [2.45, 2.75) is 77.5 Å². The van der Waals surface area contributed by atoms with Gasteiger partial charge in [-0.15, -0.1) is 0 Å². The first-order valence-electron chi connectivity index (χ1n) is 11.8. The summed E-state index contributed by atoms with van der Waals surface area (Å²) in [5.41, 5.74) is 4.39. The van der Waals surface area contributed by atoms with Gasteiger partial charge in [0.25, 0.3) is 5.91 Å². The number of fused-ring (bicyclic) bond motifs is 2. The lowest BCUT2D eigenvalue weighted by atomic mass is 9.91. The van der Waals surface area contributed by atoms with Gasteiger partial charge < -0.3 is 14.2 Å². The Bertz CT molecular complexity index is 1240. The summed E-state index contributed by atoms with van der Waals surface area (Å²) in [5.74, 6) is 0.113. The van der Waals surface area contributed by atoms with Crippen LogP contribution >= 0.6 is 0 Å². The predicted molar refractivity (Wildman–Crippen MR) is 127 cm³/mol. The fourth-order valence-corrected chi connectivity index (χ4v) is 4.93. The minimum absolute atomic E-state index is 0.105. The third kappa shape index (κ3) is 4.05. The Morgan fingerprint density at radius 2 is 1.91 bits per heavy atom. The van der Waals surface area contributed by atoms with E-state index in [-0.39, 0.29) is 11.9 Å². The highest BCUT2D eigenvalue weighted by atomic mass is 16.6. The normalized spacial score (nSPS) is 18.3. The molecule has 1 unspecified atom stereocenters. The Kier molecular flexibility index (Phi) is 5.10. The van der Waals surface area contributed by atoms with Crippen LogP contribution in [0.15, 0.2) is 30.5 Å². The van der Waals surface area contributed by atoms with Gasteiger partial charge in [-0.3, -0.25) is 4.79 Å². The molecule has 2 aromatic heterocycles. The minimum Gasteiger partial charge on any atom is -0.442 e. The number of nitrogens with zero attached hydrogens (tertiary/aromatic N) is 4. The molecule has 174 valence electrons. The molecule has 7 nitrogen and oxygen atoms in total. The highest BCUT2D eigenvalue weighted by molar-refractivity contribution is 6.07. The molecular weight excluding hydrogens is 416 g/mol. The van der Waals surface area contributed by atoms with E-state index in [1.807, 2.05) is 40.0 Å². The van der Waals surface area contributed by atoms with E-state index in [1.165, 1.54) is 4.68 Å². The first-order chi connectivity index (χ1) is 15.6. The summed E-state index contributed by atoms with van der Waals surface area (Å²) < 4.78 is 8.91. The molecule has 2 heterocycles. The van der Waals surface area contributed by atoms with Gasteiger partial charge >= 0.3 is 6.09 Å². The molecule has 1 aromatic carbocycles. The molecule has 2 aliphatic carbocycles. The lowest BCUT2D eigenvalue weighted by Crippen LogP contribution is -2.44. The second kappa shape index (κ2) is 7.75. The Labute approximate surface area is 194 Å². The van der Waals surface area contributed by atoms with Gasteiger partial charge in [-0.1, -0.05) is 6.07 Å². The predicted octanol–water partition coefficient (Wildman–Crippen LogP) is 4.63. The molecule has 33 heavy (non-hydrogen) atoms. The molecule has 1 atom stereocenters. The molecular formula is C26H32N4O3. The fraction of sp³-hybridized carbons (Fsp3) is 0.500. The number of carbonyl (C=O) groups is 2. The number of rotatable bonds is 3. The van der Waals surface area contributed by atoms with Gasteiger partial charge in [-0.2, -0.15) is 9.78 Å². The zero-order valence-corrected chi connectivity index (χ0v) is 20.1. The van der Waals surface area contributed by atoms with E-state index in [0.29, 0.717) is 12.5 Å². The van der Waals surface area contributed by atoms with Gasteiger partial charge in [0.15, 0.2) is 0 Å². The summed E-state index contributed by atoms with van der Waals surface area (Å²) in [4.78, 5) is 28.5. The van der Waals surface area contributed by atoms with Crippen LogP contribution < -0.4 is 0 Å². The number of carbonyl (C=O) groups excluding carboxylic acids is 2. The van der Waals surface area contributed by atoms with Crippen molar-refractivity contribution in [3.63, 3.8) is 0 Å². The molecule has 5 rings (SSSR count). The molecule has 2 aliphatic rings. The number of aromatic nitrogens is 3. The zero-order chi connectivity index (χ0) is 23.5. The molecule has 0 aliphatic heterocycles. The quantitative estimate of drug-likeness (QED) is 0.586. The molecule has 0 spiro atoms. The lowest BCUT2D eigenvalue weighted by molar-refractivity contribution is 0.0513. The van der Waals surface area contributed by atoms with Crippen molar-refractivity contribution in [1.29, 1.82) is 0 Å². The summed E-state index contributed by atoms with van der Waals surface area (Å²) in [6, 6.07) is 8.51. The SMILES string of the molecule is Cc1cc2c(C(=O)N(C3CC3)C3CCc4nn(C(=O)OC(C)(C)C)cc4C3)cccc2n1C. The number of hydrogen-bond acceptors (Lipinski definition) is 4. The van der Waals surface area contributed by atoms with Gasteiger partial charge in [0.05, 0.1) is 5.69 Å². The first-order valence-corrected chi connectivity index (χ1v) is 11.8.